The molecule has 1 aliphatic rings. The number of carbonyl (C=O) groups is 2. The number of para-hydroxylation sites is 1. The van der Waals surface area contributed by atoms with E-state index in [-0.39, 0.29) is 25.0 Å². The third kappa shape index (κ3) is 4.64. The van der Waals surface area contributed by atoms with Crippen LogP contribution in [0.3, 0.4) is 0 Å². The highest BCUT2D eigenvalue weighted by atomic mass is 16.5. The van der Waals surface area contributed by atoms with Crippen LogP contribution in [0.5, 0.6) is 0 Å². The van der Waals surface area contributed by atoms with Gasteiger partial charge in [-0.15, -0.1) is 0 Å². The molecular weight excluding hydrogens is 260 g/mol. The number of hydrogen-bond acceptors (Lipinski definition) is 4. The van der Waals surface area contributed by atoms with Crippen LogP contribution < -0.4 is 5.32 Å². The Morgan fingerprint density at radius 3 is 2.80 bits per heavy atom. The molecule has 0 radical (unpaired) electrons. The number of carboxylic acid groups (broad SMARTS) is 1. The minimum Gasteiger partial charge on any atom is -0.481 e. The van der Waals surface area contributed by atoms with Crippen molar-refractivity contribution in [1.82, 2.24) is 4.90 Å². The molecule has 1 aliphatic heterocycles. The van der Waals surface area contributed by atoms with Gasteiger partial charge in [-0.3, -0.25) is 14.5 Å². The summed E-state index contributed by atoms with van der Waals surface area (Å²) in [7, 11) is 0. The zero-order valence-electron chi connectivity index (χ0n) is 11.1. The summed E-state index contributed by atoms with van der Waals surface area (Å²) in [4.78, 5) is 24.5. The van der Waals surface area contributed by atoms with E-state index < -0.39 is 5.97 Å². The number of morpholine rings is 1. The van der Waals surface area contributed by atoms with Crippen LogP contribution in [0.4, 0.5) is 5.69 Å². The zero-order chi connectivity index (χ0) is 14.4. The number of anilines is 1. The maximum atomic E-state index is 11.9. The quantitative estimate of drug-likeness (QED) is 0.833. The highest BCUT2D eigenvalue weighted by Crippen LogP contribution is 2.09. The van der Waals surface area contributed by atoms with Crippen LogP contribution in [0, 0.1) is 0 Å². The van der Waals surface area contributed by atoms with Gasteiger partial charge in [0.25, 0.3) is 0 Å². The number of hydrogen-bond donors (Lipinski definition) is 2. The Bertz CT molecular complexity index is 464. The van der Waals surface area contributed by atoms with Gasteiger partial charge in [0.15, 0.2) is 0 Å². The first-order valence-corrected chi connectivity index (χ1v) is 6.54. The molecule has 0 spiro atoms. The lowest BCUT2D eigenvalue weighted by molar-refractivity contribution is -0.142. The van der Waals surface area contributed by atoms with E-state index in [4.69, 9.17) is 9.84 Å². The lowest BCUT2D eigenvalue weighted by atomic mass is 10.2. The van der Waals surface area contributed by atoms with E-state index in [2.05, 4.69) is 5.32 Å². The van der Waals surface area contributed by atoms with Crippen molar-refractivity contribution in [2.75, 3.05) is 31.6 Å². The van der Waals surface area contributed by atoms with Crippen molar-refractivity contribution < 1.29 is 19.4 Å². The molecule has 1 saturated heterocycles. The van der Waals surface area contributed by atoms with E-state index in [9.17, 15) is 9.59 Å². The highest BCUT2D eigenvalue weighted by Gasteiger charge is 2.23. The van der Waals surface area contributed by atoms with E-state index in [1.54, 1.807) is 0 Å². The van der Waals surface area contributed by atoms with Crippen LogP contribution >= 0.6 is 0 Å². The van der Waals surface area contributed by atoms with Crippen molar-refractivity contribution in [2.45, 2.75) is 12.5 Å². The van der Waals surface area contributed by atoms with E-state index in [0.29, 0.717) is 19.7 Å². The molecule has 0 aromatic heterocycles. The van der Waals surface area contributed by atoms with Gasteiger partial charge in [0, 0.05) is 18.8 Å². The Morgan fingerprint density at radius 1 is 1.35 bits per heavy atom. The van der Waals surface area contributed by atoms with Gasteiger partial charge in [0.1, 0.15) is 0 Å². The molecule has 0 bridgehead atoms. The molecule has 1 fully saturated rings. The van der Waals surface area contributed by atoms with Crippen molar-refractivity contribution in [2.24, 2.45) is 0 Å². The first-order chi connectivity index (χ1) is 9.63. The van der Waals surface area contributed by atoms with Gasteiger partial charge in [-0.1, -0.05) is 18.2 Å². The Labute approximate surface area is 117 Å². The van der Waals surface area contributed by atoms with Crippen LogP contribution in [0.25, 0.3) is 0 Å². The predicted octanol–water partition coefficient (Wildman–Crippen LogP) is 0.801. The second-order valence-corrected chi connectivity index (χ2v) is 4.74. The third-order valence-corrected chi connectivity index (χ3v) is 3.05. The average Bonchev–Trinajstić information content (AvgIpc) is 2.39. The minimum atomic E-state index is -0.884. The second-order valence-electron chi connectivity index (χ2n) is 4.74. The third-order valence-electron chi connectivity index (χ3n) is 3.05. The van der Waals surface area contributed by atoms with Gasteiger partial charge in [0.05, 0.1) is 25.7 Å². The molecule has 2 rings (SSSR count). The molecule has 6 nitrogen and oxygen atoms in total. The molecule has 1 unspecified atom stereocenters. The van der Waals surface area contributed by atoms with E-state index in [0.717, 1.165) is 5.69 Å². The Hall–Kier alpha value is -1.92. The normalized spacial score (nSPS) is 19.5. The van der Waals surface area contributed by atoms with Crippen molar-refractivity contribution in [3.8, 4) is 0 Å². The smallest absolute Gasteiger partial charge is 0.306 e. The fraction of sp³-hybridized carbons (Fsp3) is 0.429. The second kappa shape index (κ2) is 7.02. The molecule has 0 aliphatic carbocycles. The molecule has 2 N–H and O–H groups in total. The minimum absolute atomic E-state index is 0.0309. The fourth-order valence-electron chi connectivity index (χ4n) is 2.17. The predicted molar refractivity (Wildman–Crippen MR) is 73.5 cm³/mol. The van der Waals surface area contributed by atoms with Gasteiger partial charge >= 0.3 is 5.97 Å². The number of carboxylic acids is 1. The molecule has 20 heavy (non-hydrogen) atoms. The standard InChI is InChI=1S/C14H18N2O4/c17-13(15-11-4-2-1-3-5-11)10-16-6-7-20-12(9-16)8-14(18)19/h1-5,12H,6-10H2,(H,15,17)(H,18,19). The molecular formula is C14H18N2O4. The van der Waals surface area contributed by atoms with Gasteiger partial charge in [0.2, 0.25) is 5.91 Å². The first-order valence-electron chi connectivity index (χ1n) is 6.54. The van der Waals surface area contributed by atoms with Crippen molar-refractivity contribution in [3.05, 3.63) is 30.3 Å². The summed E-state index contributed by atoms with van der Waals surface area (Å²) in [5.74, 6) is -0.988. The fourth-order valence-corrected chi connectivity index (χ4v) is 2.17. The molecule has 6 heteroatoms. The summed E-state index contributed by atoms with van der Waals surface area (Å²) in [6.45, 7) is 1.80. The molecule has 1 amide bonds. The number of amides is 1. The maximum Gasteiger partial charge on any atom is 0.306 e. The molecule has 108 valence electrons. The summed E-state index contributed by atoms with van der Waals surface area (Å²) in [6, 6.07) is 9.24. The number of aliphatic carboxylic acids is 1. The number of rotatable bonds is 5. The topological polar surface area (TPSA) is 78.9 Å². The van der Waals surface area contributed by atoms with E-state index in [1.165, 1.54) is 0 Å². The summed E-state index contributed by atoms with van der Waals surface area (Å²) in [5.41, 5.74) is 0.757. The maximum absolute atomic E-state index is 11.9. The summed E-state index contributed by atoms with van der Waals surface area (Å²) in [5, 5.41) is 11.6. The first kappa shape index (κ1) is 14.5. The average molecular weight is 278 g/mol. The summed E-state index contributed by atoms with van der Waals surface area (Å²) in [6.07, 6.45) is -0.373. The number of carbonyl (C=O) groups excluding carboxylic acids is 1. The zero-order valence-corrected chi connectivity index (χ0v) is 11.1. The summed E-state index contributed by atoms with van der Waals surface area (Å²) < 4.78 is 5.36. The van der Waals surface area contributed by atoms with Gasteiger partial charge in [-0.05, 0) is 12.1 Å². The van der Waals surface area contributed by atoms with Gasteiger partial charge in [-0.25, -0.2) is 0 Å². The SMILES string of the molecule is O=C(O)CC1CN(CC(=O)Nc2ccccc2)CCO1. The van der Waals surface area contributed by atoms with Gasteiger partial charge < -0.3 is 15.2 Å². The molecule has 1 heterocycles. The Balaban J connectivity index is 1.80. The summed E-state index contributed by atoms with van der Waals surface area (Å²) >= 11 is 0. The van der Waals surface area contributed by atoms with E-state index >= 15 is 0 Å². The lowest BCUT2D eigenvalue weighted by Gasteiger charge is -2.31. The van der Waals surface area contributed by atoms with Crippen LogP contribution in [0.15, 0.2) is 30.3 Å². The number of nitrogens with zero attached hydrogens (tertiary/aromatic N) is 1. The number of ether oxygens (including phenoxy) is 1. The van der Waals surface area contributed by atoms with Crippen LogP contribution in [-0.4, -0.2) is 54.2 Å². The highest BCUT2D eigenvalue weighted by molar-refractivity contribution is 5.92. The van der Waals surface area contributed by atoms with Crippen LogP contribution in [-0.2, 0) is 14.3 Å². The Morgan fingerprint density at radius 2 is 2.10 bits per heavy atom. The Kier molecular flexibility index (Phi) is 5.09. The molecule has 1 aromatic rings. The number of nitrogens with one attached hydrogen (secondary N) is 1. The molecule has 1 aromatic carbocycles. The van der Waals surface area contributed by atoms with Gasteiger partial charge in [-0.2, -0.15) is 0 Å². The lowest BCUT2D eigenvalue weighted by Crippen LogP contribution is -2.46. The number of benzene rings is 1. The van der Waals surface area contributed by atoms with E-state index in [1.807, 2.05) is 35.2 Å². The largest absolute Gasteiger partial charge is 0.481 e. The van der Waals surface area contributed by atoms with Crippen molar-refractivity contribution in [3.63, 3.8) is 0 Å². The van der Waals surface area contributed by atoms with Crippen LogP contribution in [0.1, 0.15) is 6.42 Å². The van der Waals surface area contributed by atoms with Crippen molar-refractivity contribution >= 4 is 17.6 Å². The van der Waals surface area contributed by atoms with Crippen molar-refractivity contribution in [1.29, 1.82) is 0 Å². The van der Waals surface area contributed by atoms with Crippen LogP contribution in [0.2, 0.25) is 0 Å². The monoisotopic (exact) mass is 278 g/mol. The molecule has 1 atom stereocenters. The molecule has 0 saturated carbocycles.